The minimum Gasteiger partial charge on any atom is -0.325 e. The van der Waals surface area contributed by atoms with Gasteiger partial charge in [-0.1, -0.05) is 18.2 Å². The number of carbonyl (C=O) groups excluding carboxylic acids is 2. The summed E-state index contributed by atoms with van der Waals surface area (Å²) in [5.41, 5.74) is 1.51. The van der Waals surface area contributed by atoms with E-state index in [1.807, 2.05) is 0 Å². The topological polar surface area (TPSA) is 82.0 Å². The van der Waals surface area contributed by atoms with Gasteiger partial charge in [0.1, 0.15) is 6.42 Å². The Balaban J connectivity index is 2.11. The van der Waals surface area contributed by atoms with Gasteiger partial charge in [-0.05, 0) is 30.3 Å². The molecule has 2 aromatic carbocycles. The number of benzene rings is 2. The van der Waals surface area contributed by atoms with Crippen molar-refractivity contribution in [1.82, 2.24) is 0 Å². The second-order valence-electron chi connectivity index (χ2n) is 4.44. The molecular weight excluding hydrogens is 298 g/mol. The van der Waals surface area contributed by atoms with Gasteiger partial charge in [0, 0.05) is 16.3 Å². The van der Waals surface area contributed by atoms with Crippen LogP contribution in [0.2, 0.25) is 0 Å². The Morgan fingerprint density at radius 2 is 1.73 bits per heavy atom. The fraction of sp³-hybridized carbons (Fsp3) is 0.0625. The molecular formula is C16H13N3O2S. The standard InChI is InChI=1S/C16H13N3O2S/c17-9-8-15(20)18-11-4-3-5-12(10-11)19-16(21)13-6-1-2-7-14(13)22/h1-7,10,22H,8H2,(H,18,20)(H,19,21). The molecule has 110 valence electrons. The lowest BCUT2D eigenvalue weighted by Gasteiger charge is -2.09. The maximum atomic E-state index is 12.2. The number of nitrogens with one attached hydrogen (secondary N) is 2. The number of anilines is 2. The van der Waals surface area contributed by atoms with E-state index < -0.39 is 5.91 Å². The van der Waals surface area contributed by atoms with Crippen LogP contribution in [0.15, 0.2) is 53.4 Å². The summed E-state index contributed by atoms with van der Waals surface area (Å²) in [5.74, 6) is -0.683. The molecule has 2 amide bonds. The van der Waals surface area contributed by atoms with Crippen molar-refractivity contribution in [2.75, 3.05) is 10.6 Å². The SMILES string of the molecule is N#CCC(=O)Nc1cccc(NC(=O)c2ccccc2S)c1. The fourth-order valence-corrected chi connectivity index (χ4v) is 2.08. The van der Waals surface area contributed by atoms with Crippen molar-refractivity contribution in [2.45, 2.75) is 11.3 Å². The van der Waals surface area contributed by atoms with E-state index in [9.17, 15) is 9.59 Å². The average Bonchev–Trinajstić information content (AvgIpc) is 2.48. The van der Waals surface area contributed by atoms with Crippen LogP contribution in [-0.4, -0.2) is 11.8 Å². The summed E-state index contributed by atoms with van der Waals surface area (Å²) in [6.07, 6.45) is -0.219. The number of nitrogens with zero attached hydrogens (tertiary/aromatic N) is 1. The van der Waals surface area contributed by atoms with E-state index >= 15 is 0 Å². The summed E-state index contributed by atoms with van der Waals surface area (Å²) in [4.78, 5) is 24.1. The zero-order valence-electron chi connectivity index (χ0n) is 11.5. The summed E-state index contributed by atoms with van der Waals surface area (Å²) in [6.45, 7) is 0. The van der Waals surface area contributed by atoms with Crippen LogP contribution in [0.25, 0.3) is 0 Å². The number of hydrogen-bond donors (Lipinski definition) is 3. The molecule has 0 atom stereocenters. The van der Waals surface area contributed by atoms with E-state index in [0.717, 1.165) is 0 Å². The predicted molar refractivity (Wildman–Crippen MR) is 86.9 cm³/mol. The highest BCUT2D eigenvalue weighted by molar-refractivity contribution is 7.80. The third-order valence-corrected chi connectivity index (χ3v) is 3.18. The molecule has 22 heavy (non-hydrogen) atoms. The van der Waals surface area contributed by atoms with Crippen LogP contribution in [0.1, 0.15) is 16.8 Å². The zero-order chi connectivity index (χ0) is 15.9. The molecule has 0 fully saturated rings. The molecule has 6 heteroatoms. The normalized spacial score (nSPS) is 9.64. The first kappa shape index (κ1) is 15.6. The second-order valence-corrected chi connectivity index (χ2v) is 4.92. The van der Waals surface area contributed by atoms with E-state index in [1.54, 1.807) is 54.6 Å². The van der Waals surface area contributed by atoms with Crippen molar-refractivity contribution in [1.29, 1.82) is 5.26 Å². The minimum absolute atomic E-state index is 0.219. The Bertz CT molecular complexity index is 753. The van der Waals surface area contributed by atoms with Crippen molar-refractivity contribution in [3.63, 3.8) is 0 Å². The lowest BCUT2D eigenvalue weighted by atomic mass is 10.2. The van der Waals surface area contributed by atoms with Crippen LogP contribution < -0.4 is 10.6 Å². The van der Waals surface area contributed by atoms with Crippen LogP contribution in [0.5, 0.6) is 0 Å². The van der Waals surface area contributed by atoms with Gasteiger partial charge in [-0.3, -0.25) is 9.59 Å². The Morgan fingerprint density at radius 1 is 1.05 bits per heavy atom. The van der Waals surface area contributed by atoms with Gasteiger partial charge in [0.15, 0.2) is 0 Å². The van der Waals surface area contributed by atoms with E-state index in [2.05, 4.69) is 23.3 Å². The fourth-order valence-electron chi connectivity index (χ4n) is 1.82. The molecule has 0 saturated carbocycles. The lowest BCUT2D eigenvalue weighted by molar-refractivity contribution is -0.115. The van der Waals surface area contributed by atoms with Gasteiger partial charge in [0.25, 0.3) is 5.91 Å². The highest BCUT2D eigenvalue weighted by Crippen LogP contribution is 2.18. The van der Waals surface area contributed by atoms with Crippen molar-refractivity contribution < 1.29 is 9.59 Å². The zero-order valence-corrected chi connectivity index (χ0v) is 12.4. The minimum atomic E-state index is -0.397. The summed E-state index contributed by atoms with van der Waals surface area (Å²) >= 11 is 4.24. The summed E-state index contributed by atoms with van der Waals surface area (Å²) in [7, 11) is 0. The Kier molecular flexibility index (Phi) is 5.17. The molecule has 2 N–H and O–H groups in total. The molecule has 0 radical (unpaired) electrons. The van der Waals surface area contributed by atoms with Gasteiger partial charge in [0.05, 0.1) is 11.6 Å². The van der Waals surface area contributed by atoms with E-state index in [0.29, 0.717) is 21.8 Å². The molecule has 0 saturated heterocycles. The van der Waals surface area contributed by atoms with E-state index in [4.69, 9.17) is 5.26 Å². The summed E-state index contributed by atoms with van der Waals surface area (Å²) < 4.78 is 0. The van der Waals surface area contributed by atoms with Gasteiger partial charge in [0.2, 0.25) is 5.91 Å². The van der Waals surface area contributed by atoms with Gasteiger partial charge in [-0.15, -0.1) is 12.6 Å². The molecule has 5 nitrogen and oxygen atoms in total. The lowest BCUT2D eigenvalue weighted by Crippen LogP contribution is -2.13. The molecule has 0 unspecified atom stereocenters. The van der Waals surface area contributed by atoms with Crippen LogP contribution >= 0.6 is 12.6 Å². The highest BCUT2D eigenvalue weighted by atomic mass is 32.1. The Labute approximate surface area is 133 Å². The highest BCUT2D eigenvalue weighted by Gasteiger charge is 2.09. The molecule has 2 rings (SSSR count). The van der Waals surface area contributed by atoms with Crippen molar-refractivity contribution >= 4 is 35.8 Å². The first-order valence-electron chi connectivity index (χ1n) is 6.46. The summed E-state index contributed by atoms with van der Waals surface area (Å²) in [5, 5.41) is 13.8. The maximum Gasteiger partial charge on any atom is 0.256 e. The van der Waals surface area contributed by atoms with Crippen LogP contribution in [0.3, 0.4) is 0 Å². The first-order valence-corrected chi connectivity index (χ1v) is 6.91. The number of nitriles is 1. The van der Waals surface area contributed by atoms with Gasteiger partial charge in [-0.2, -0.15) is 5.26 Å². The molecule has 0 bridgehead atoms. The molecule has 0 aliphatic heterocycles. The number of amides is 2. The van der Waals surface area contributed by atoms with Crippen LogP contribution in [0, 0.1) is 11.3 Å². The van der Waals surface area contributed by atoms with Crippen LogP contribution in [-0.2, 0) is 4.79 Å². The van der Waals surface area contributed by atoms with Crippen molar-refractivity contribution in [3.8, 4) is 6.07 Å². The number of rotatable bonds is 4. The maximum absolute atomic E-state index is 12.2. The summed E-state index contributed by atoms with van der Waals surface area (Å²) in [6, 6.07) is 15.4. The predicted octanol–water partition coefficient (Wildman–Crippen LogP) is 3.08. The van der Waals surface area contributed by atoms with Gasteiger partial charge >= 0.3 is 0 Å². The molecule has 2 aromatic rings. The van der Waals surface area contributed by atoms with E-state index in [1.165, 1.54) is 0 Å². The second kappa shape index (κ2) is 7.29. The molecule has 0 aromatic heterocycles. The third kappa shape index (κ3) is 4.11. The molecule has 0 spiro atoms. The van der Waals surface area contributed by atoms with E-state index in [-0.39, 0.29) is 12.3 Å². The van der Waals surface area contributed by atoms with Crippen LogP contribution in [0.4, 0.5) is 11.4 Å². The Morgan fingerprint density at radius 3 is 2.41 bits per heavy atom. The number of hydrogen-bond acceptors (Lipinski definition) is 4. The monoisotopic (exact) mass is 311 g/mol. The first-order chi connectivity index (χ1) is 10.6. The van der Waals surface area contributed by atoms with Gasteiger partial charge in [-0.25, -0.2) is 0 Å². The average molecular weight is 311 g/mol. The number of carbonyl (C=O) groups is 2. The number of thiol groups is 1. The third-order valence-electron chi connectivity index (χ3n) is 2.79. The molecule has 0 aliphatic rings. The van der Waals surface area contributed by atoms with Crippen molar-refractivity contribution in [3.05, 3.63) is 54.1 Å². The van der Waals surface area contributed by atoms with Gasteiger partial charge < -0.3 is 10.6 Å². The smallest absolute Gasteiger partial charge is 0.256 e. The Hall–Kier alpha value is -2.78. The molecule has 0 aliphatic carbocycles. The van der Waals surface area contributed by atoms with Crippen molar-refractivity contribution in [2.24, 2.45) is 0 Å². The molecule has 0 heterocycles. The quantitative estimate of drug-likeness (QED) is 0.759. The largest absolute Gasteiger partial charge is 0.325 e.